The maximum Gasteiger partial charge on any atom is 0.234 e. The van der Waals surface area contributed by atoms with Gasteiger partial charge in [0, 0.05) is 24.5 Å². The Labute approximate surface area is 150 Å². The average Bonchev–Trinajstić information content (AvgIpc) is 3.24. The number of aromatic nitrogens is 1. The molecular weight excluding hydrogens is 335 g/mol. The molecule has 2 aromatic carbocycles. The second-order valence-corrected chi connectivity index (χ2v) is 7.04. The van der Waals surface area contributed by atoms with Crippen LogP contribution in [0.4, 0.5) is 4.39 Å². The SMILES string of the molecule is O=C1CS[C@@H](c2ccn(-c3ccccc3F)c2)N1Cc1ccccc1. The summed E-state index contributed by atoms with van der Waals surface area (Å²) in [5.74, 6) is 0.348. The number of thioether (sulfide) groups is 1. The standard InChI is InChI=1S/C20H17FN2OS/c21-17-8-4-5-9-18(17)22-11-10-16(13-22)20-23(19(24)14-25-20)12-15-6-2-1-3-7-15/h1-11,13,20H,12,14H2/t20-/m0/s1. The van der Waals surface area contributed by atoms with Gasteiger partial charge in [-0.15, -0.1) is 11.8 Å². The Morgan fingerprint density at radius 2 is 1.80 bits per heavy atom. The second kappa shape index (κ2) is 6.76. The molecule has 3 aromatic rings. The van der Waals surface area contributed by atoms with Crippen LogP contribution >= 0.6 is 11.8 Å². The van der Waals surface area contributed by atoms with Crippen LogP contribution in [0.2, 0.25) is 0 Å². The van der Waals surface area contributed by atoms with E-state index in [1.54, 1.807) is 28.5 Å². The van der Waals surface area contributed by atoms with Gasteiger partial charge in [0.1, 0.15) is 11.2 Å². The van der Waals surface area contributed by atoms with E-state index in [0.29, 0.717) is 18.0 Å². The van der Waals surface area contributed by atoms with E-state index in [1.165, 1.54) is 6.07 Å². The Bertz CT molecular complexity index is 893. The summed E-state index contributed by atoms with van der Waals surface area (Å²) < 4.78 is 15.8. The minimum Gasteiger partial charge on any atom is -0.321 e. The fraction of sp³-hybridized carbons (Fsp3) is 0.150. The smallest absolute Gasteiger partial charge is 0.234 e. The summed E-state index contributed by atoms with van der Waals surface area (Å²) in [6, 6.07) is 18.6. The molecule has 1 aliphatic heterocycles. The highest BCUT2D eigenvalue weighted by Crippen LogP contribution is 2.40. The van der Waals surface area contributed by atoms with Gasteiger partial charge in [0.2, 0.25) is 5.91 Å². The first-order chi connectivity index (χ1) is 12.2. The van der Waals surface area contributed by atoms with E-state index >= 15 is 0 Å². The highest BCUT2D eigenvalue weighted by atomic mass is 32.2. The molecular formula is C20H17FN2OS. The lowest BCUT2D eigenvalue weighted by molar-refractivity contribution is -0.128. The maximum atomic E-state index is 14.0. The minimum atomic E-state index is -0.263. The van der Waals surface area contributed by atoms with Crippen molar-refractivity contribution in [2.24, 2.45) is 0 Å². The Kier molecular flexibility index (Phi) is 4.32. The molecule has 1 saturated heterocycles. The Hall–Kier alpha value is -2.53. The number of halogens is 1. The van der Waals surface area contributed by atoms with Gasteiger partial charge < -0.3 is 9.47 Å². The number of amides is 1. The molecule has 25 heavy (non-hydrogen) atoms. The molecule has 4 rings (SSSR count). The fourth-order valence-electron chi connectivity index (χ4n) is 3.05. The fourth-order valence-corrected chi connectivity index (χ4v) is 4.22. The van der Waals surface area contributed by atoms with Crippen LogP contribution in [-0.4, -0.2) is 21.1 Å². The van der Waals surface area contributed by atoms with E-state index in [-0.39, 0.29) is 17.1 Å². The first kappa shape index (κ1) is 16.0. The maximum absolute atomic E-state index is 14.0. The summed E-state index contributed by atoms with van der Waals surface area (Å²) in [5, 5.41) is -0.0410. The molecule has 0 N–H and O–H groups in total. The van der Waals surface area contributed by atoms with Crippen molar-refractivity contribution in [3.05, 3.63) is 90.0 Å². The van der Waals surface area contributed by atoms with E-state index in [0.717, 1.165) is 11.1 Å². The summed E-state index contributed by atoms with van der Waals surface area (Å²) in [4.78, 5) is 14.2. The van der Waals surface area contributed by atoms with E-state index in [1.807, 2.05) is 59.8 Å². The third-order valence-corrected chi connectivity index (χ3v) is 5.55. The molecule has 5 heteroatoms. The quantitative estimate of drug-likeness (QED) is 0.696. The third-order valence-electron chi connectivity index (χ3n) is 4.30. The van der Waals surface area contributed by atoms with Crippen LogP contribution in [0, 0.1) is 5.82 Å². The number of hydrogen-bond donors (Lipinski definition) is 0. The number of benzene rings is 2. The Balaban J connectivity index is 1.60. The van der Waals surface area contributed by atoms with E-state index in [9.17, 15) is 9.18 Å². The summed E-state index contributed by atoms with van der Waals surface area (Å²) in [6.07, 6.45) is 3.75. The monoisotopic (exact) mass is 352 g/mol. The molecule has 0 unspecified atom stereocenters. The number of nitrogens with zero attached hydrogens (tertiary/aromatic N) is 2. The first-order valence-corrected chi connectivity index (χ1v) is 9.15. The second-order valence-electron chi connectivity index (χ2n) is 5.97. The first-order valence-electron chi connectivity index (χ1n) is 8.10. The van der Waals surface area contributed by atoms with E-state index < -0.39 is 0 Å². The van der Waals surface area contributed by atoms with Crippen LogP contribution in [0.25, 0.3) is 5.69 Å². The van der Waals surface area contributed by atoms with Crippen LogP contribution < -0.4 is 0 Å². The Morgan fingerprint density at radius 3 is 2.60 bits per heavy atom. The largest absolute Gasteiger partial charge is 0.321 e. The molecule has 1 atom stereocenters. The topological polar surface area (TPSA) is 25.2 Å². The van der Waals surface area contributed by atoms with Crippen molar-refractivity contribution < 1.29 is 9.18 Å². The summed E-state index contributed by atoms with van der Waals surface area (Å²) in [7, 11) is 0. The lowest BCUT2D eigenvalue weighted by atomic mass is 10.2. The number of para-hydroxylation sites is 1. The molecule has 1 aliphatic rings. The highest BCUT2D eigenvalue weighted by Gasteiger charge is 2.33. The lowest BCUT2D eigenvalue weighted by Gasteiger charge is -2.23. The van der Waals surface area contributed by atoms with E-state index in [2.05, 4.69) is 0 Å². The molecule has 0 saturated carbocycles. The van der Waals surface area contributed by atoms with Gasteiger partial charge in [0.05, 0.1) is 11.4 Å². The van der Waals surface area contributed by atoms with Crippen molar-refractivity contribution in [2.45, 2.75) is 11.9 Å². The van der Waals surface area contributed by atoms with Gasteiger partial charge in [-0.2, -0.15) is 0 Å². The van der Waals surface area contributed by atoms with E-state index in [4.69, 9.17) is 0 Å². The zero-order valence-electron chi connectivity index (χ0n) is 13.5. The van der Waals surface area contributed by atoms with Crippen molar-refractivity contribution >= 4 is 17.7 Å². The number of hydrogen-bond acceptors (Lipinski definition) is 2. The third kappa shape index (κ3) is 3.20. The van der Waals surface area contributed by atoms with Crippen LogP contribution in [0.3, 0.4) is 0 Å². The molecule has 0 bridgehead atoms. The number of carbonyl (C=O) groups excluding carboxylic acids is 1. The van der Waals surface area contributed by atoms with Crippen LogP contribution in [0.15, 0.2) is 73.1 Å². The molecule has 1 fully saturated rings. The molecule has 1 amide bonds. The molecule has 126 valence electrons. The molecule has 2 heterocycles. The molecule has 0 aliphatic carbocycles. The summed E-state index contributed by atoms with van der Waals surface area (Å²) in [6.45, 7) is 0.586. The van der Waals surface area contributed by atoms with Crippen molar-refractivity contribution in [1.82, 2.24) is 9.47 Å². The minimum absolute atomic E-state index is 0.0410. The molecule has 0 spiro atoms. The van der Waals surface area contributed by atoms with Crippen molar-refractivity contribution in [3.63, 3.8) is 0 Å². The lowest BCUT2D eigenvalue weighted by Crippen LogP contribution is -2.27. The summed E-state index contributed by atoms with van der Waals surface area (Å²) >= 11 is 1.61. The van der Waals surface area contributed by atoms with Gasteiger partial charge >= 0.3 is 0 Å². The van der Waals surface area contributed by atoms with Gasteiger partial charge in [-0.1, -0.05) is 42.5 Å². The highest BCUT2D eigenvalue weighted by molar-refractivity contribution is 8.00. The number of carbonyl (C=O) groups is 1. The number of rotatable bonds is 4. The van der Waals surface area contributed by atoms with Crippen molar-refractivity contribution in [2.75, 3.05) is 5.75 Å². The van der Waals surface area contributed by atoms with Crippen LogP contribution in [-0.2, 0) is 11.3 Å². The van der Waals surface area contributed by atoms with Gasteiger partial charge in [-0.25, -0.2) is 4.39 Å². The van der Waals surface area contributed by atoms with Gasteiger partial charge in [-0.3, -0.25) is 4.79 Å². The van der Waals surface area contributed by atoms with Gasteiger partial charge in [0.15, 0.2) is 0 Å². The van der Waals surface area contributed by atoms with Crippen molar-refractivity contribution in [1.29, 1.82) is 0 Å². The predicted molar refractivity (Wildman–Crippen MR) is 97.9 cm³/mol. The predicted octanol–water partition coefficient (Wildman–Crippen LogP) is 4.39. The van der Waals surface area contributed by atoms with Gasteiger partial charge in [0.25, 0.3) is 0 Å². The Morgan fingerprint density at radius 1 is 1.04 bits per heavy atom. The van der Waals surface area contributed by atoms with Crippen molar-refractivity contribution in [3.8, 4) is 5.69 Å². The normalized spacial score (nSPS) is 17.2. The van der Waals surface area contributed by atoms with Gasteiger partial charge in [-0.05, 0) is 23.8 Å². The van der Waals surface area contributed by atoms with Crippen LogP contribution in [0.1, 0.15) is 16.5 Å². The molecule has 0 radical (unpaired) electrons. The zero-order valence-corrected chi connectivity index (χ0v) is 14.3. The van der Waals surface area contributed by atoms with Crippen LogP contribution in [0.5, 0.6) is 0 Å². The molecule has 3 nitrogen and oxygen atoms in total. The molecule has 1 aromatic heterocycles. The average molecular weight is 352 g/mol. The summed E-state index contributed by atoms with van der Waals surface area (Å²) in [5.41, 5.74) is 2.63. The zero-order chi connectivity index (χ0) is 17.2.